The highest BCUT2D eigenvalue weighted by Gasteiger charge is 2.30. The Morgan fingerprint density at radius 2 is 1.87 bits per heavy atom. The van der Waals surface area contributed by atoms with Gasteiger partial charge in [0.1, 0.15) is 11.8 Å². The van der Waals surface area contributed by atoms with Crippen molar-refractivity contribution in [2.75, 3.05) is 32.2 Å². The van der Waals surface area contributed by atoms with Crippen LogP contribution in [0.25, 0.3) is 0 Å². The molecule has 0 aromatic heterocycles. The van der Waals surface area contributed by atoms with Gasteiger partial charge in [-0.25, -0.2) is 0 Å². The SMILES string of the molecule is COc1ccc(CNC(=O)[C@H](C)NC(=O)C2CCN(C(=O)[C@@H](N)CCSC)CC2)cc1. The zero-order valence-corrected chi connectivity index (χ0v) is 19.4. The van der Waals surface area contributed by atoms with Crippen molar-refractivity contribution >= 4 is 29.5 Å². The molecular formula is C22H34N4O4S. The minimum atomic E-state index is -0.634. The summed E-state index contributed by atoms with van der Waals surface area (Å²) >= 11 is 1.67. The van der Waals surface area contributed by atoms with Gasteiger partial charge in [0.15, 0.2) is 0 Å². The second-order valence-corrected chi connectivity index (χ2v) is 8.77. The van der Waals surface area contributed by atoms with Crippen LogP contribution in [0.4, 0.5) is 0 Å². The van der Waals surface area contributed by atoms with Crippen LogP contribution in [0.2, 0.25) is 0 Å². The van der Waals surface area contributed by atoms with E-state index in [1.54, 1.807) is 30.7 Å². The van der Waals surface area contributed by atoms with E-state index >= 15 is 0 Å². The fraction of sp³-hybridized carbons (Fsp3) is 0.591. The van der Waals surface area contributed by atoms with Gasteiger partial charge in [-0.2, -0.15) is 11.8 Å². The fourth-order valence-electron chi connectivity index (χ4n) is 3.45. The number of thioether (sulfide) groups is 1. The third kappa shape index (κ3) is 7.74. The number of carbonyl (C=O) groups is 3. The summed E-state index contributed by atoms with van der Waals surface area (Å²) < 4.78 is 5.12. The predicted octanol–water partition coefficient (Wildman–Crippen LogP) is 1.14. The van der Waals surface area contributed by atoms with E-state index in [9.17, 15) is 14.4 Å². The summed E-state index contributed by atoms with van der Waals surface area (Å²) in [6.07, 6.45) is 3.80. The lowest BCUT2D eigenvalue weighted by atomic mass is 9.95. The van der Waals surface area contributed by atoms with Crippen molar-refractivity contribution in [3.63, 3.8) is 0 Å². The monoisotopic (exact) mass is 450 g/mol. The largest absolute Gasteiger partial charge is 0.497 e. The molecule has 0 bridgehead atoms. The van der Waals surface area contributed by atoms with Crippen LogP contribution >= 0.6 is 11.8 Å². The summed E-state index contributed by atoms with van der Waals surface area (Å²) in [5.41, 5.74) is 6.92. The number of nitrogens with zero attached hydrogens (tertiary/aromatic N) is 1. The molecule has 0 aliphatic carbocycles. The van der Waals surface area contributed by atoms with E-state index in [2.05, 4.69) is 10.6 Å². The van der Waals surface area contributed by atoms with Crippen LogP contribution in [0, 0.1) is 5.92 Å². The highest BCUT2D eigenvalue weighted by molar-refractivity contribution is 7.98. The molecule has 31 heavy (non-hydrogen) atoms. The molecule has 1 aliphatic rings. The molecule has 2 rings (SSSR count). The lowest BCUT2D eigenvalue weighted by Gasteiger charge is -2.33. The van der Waals surface area contributed by atoms with Gasteiger partial charge in [0.25, 0.3) is 0 Å². The van der Waals surface area contributed by atoms with Crippen molar-refractivity contribution in [1.82, 2.24) is 15.5 Å². The number of likely N-dealkylation sites (tertiary alicyclic amines) is 1. The molecule has 9 heteroatoms. The van der Waals surface area contributed by atoms with Crippen molar-refractivity contribution in [3.05, 3.63) is 29.8 Å². The molecule has 1 aromatic rings. The van der Waals surface area contributed by atoms with Crippen LogP contribution in [0.3, 0.4) is 0 Å². The first kappa shape index (κ1) is 25.0. The summed E-state index contributed by atoms with van der Waals surface area (Å²) in [7, 11) is 1.60. The molecule has 2 atom stereocenters. The quantitative estimate of drug-likeness (QED) is 0.493. The minimum Gasteiger partial charge on any atom is -0.497 e. The Balaban J connectivity index is 1.73. The first-order chi connectivity index (χ1) is 14.8. The maximum absolute atomic E-state index is 12.6. The number of methoxy groups -OCH3 is 1. The van der Waals surface area contributed by atoms with Crippen molar-refractivity contribution in [2.24, 2.45) is 11.7 Å². The Bertz CT molecular complexity index is 736. The van der Waals surface area contributed by atoms with Crippen molar-refractivity contribution in [3.8, 4) is 5.75 Å². The van der Waals surface area contributed by atoms with Crippen LogP contribution in [0.5, 0.6) is 5.75 Å². The number of amides is 3. The van der Waals surface area contributed by atoms with E-state index in [1.807, 2.05) is 30.5 Å². The summed E-state index contributed by atoms with van der Waals surface area (Å²) in [5, 5.41) is 5.63. The molecular weight excluding hydrogens is 416 g/mol. The first-order valence-electron chi connectivity index (χ1n) is 10.6. The number of rotatable bonds is 10. The molecule has 0 unspecified atom stereocenters. The van der Waals surface area contributed by atoms with E-state index in [0.717, 1.165) is 17.1 Å². The molecule has 0 saturated carbocycles. The number of benzene rings is 1. The van der Waals surface area contributed by atoms with Crippen molar-refractivity contribution in [1.29, 1.82) is 0 Å². The maximum atomic E-state index is 12.6. The van der Waals surface area contributed by atoms with Gasteiger partial charge in [-0.1, -0.05) is 12.1 Å². The summed E-state index contributed by atoms with van der Waals surface area (Å²) in [6.45, 7) is 3.08. The highest BCUT2D eigenvalue weighted by Crippen LogP contribution is 2.19. The molecule has 1 fully saturated rings. The zero-order chi connectivity index (χ0) is 22.8. The van der Waals surface area contributed by atoms with Gasteiger partial charge in [0, 0.05) is 25.6 Å². The molecule has 8 nitrogen and oxygen atoms in total. The van der Waals surface area contributed by atoms with Gasteiger partial charge in [0.05, 0.1) is 13.2 Å². The second kappa shape index (κ2) is 12.6. The molecule has 0 radical (unpaired) electrons. The molecule has 1 aromatic carbocycles. The van der Waals surface area contributed by atoms with Gasteiger partial charge < -0.3 is 26.0 Å². The summed E-state index contributed by atoms with van der Waals surface area (Å²) in [5.74, 6) is 0.972. The molecule has 172 valence electrons. The average Bonchev–Trinajstić information content (AvgIpc) is 2.80. The Morgan fingerprint density at radius 1 is 1.23 bits per heavy atom. The number of ether oxygens (including phenoxy) is 1. The molecule has 1 heterocycles. The molecule has 4 N–H and O–H groups in total. The van der Waals surface area contributed by atoms with E-state index in [0.29, 0.717) is 38.9 Å². The molecule has 1 aliphatic heterocycles. The normalized spacial score (nSPS) is 16.3. The van der Waals surface area contributed by atoms with E-state index in [1.165, 1.54) is 0 Å². The lowest BCUT2D eigenvalue weighted by Crippen LogP contribution is -2.51. The van der Waals surface area contributed by atoms with Crippen LogP contribution in [0.1, 0.15) is 31.7 Å². The van der Waals surface area contributed by atoms with Crippen molar-refractivity contribution < 1.29 is 19.1 Å². The smallest absolute Gasteiger partial charge is 0.242 e. The summed E-state index contributed by atoms with van der Waals surface area (Å²) in [6, 6.07) is 6.31. The zero-order valence-electron chi connectivity index (χ0n) is 18.6. The Labute approximate surface area is 188 Å². The lowest BCUT2D eigenvalue weighted by molar-refractivity contribution is -0.137. The van der Waals surface area contributed by atoms with Gasteiger partial charge in [0.2, 0.25) is 17.7 Å². The van der Waals surface area contributed by atoms with E-state index in [4.69, 9.17) is 10.5 Å². The molecule has 0 spiro atoms. The van der Waals surface area contributed by atoms with Gasteiger partial charge in [-0.3, -0.25) is 14.4 Å². The number of hydrogen-bond acceptors (Lipinski definition) is 6. The van der Waals surface area contributed by atoms with Crippen LogP contribution < -0.4 is 21.1 Å². The van der Waals surface area contributed by atoms with Crippen LogP contribution in [-0.4, -0.2) is 66.9 Å². The Kier molecular flexibility index (Phi) is 10.1. The van der Waals surface area contributed by atoms with Crippen molar-refractivity contribution in [2.45, 2.75) is 44.8 Å². The third-order valence-corrected chi connectivity index (χ3v) is 6.15. The third-order valence-electron chi connectivity index (χ3n) is 5.51. The average molecular weight is 451 g/mol. The predicted molar refractivity (Wildman–Crippen MR) is 123 cm³/mol. The number of nitrogens with one attached hydrogen (secondary N) is 2. The van der Waals surface area contributed by atoms with E-state index < -0.39 is 12.1 Å². The van der Waals surface area contributed by atoms with Gasteiger partial charge in [-0.15, -0.1) is 0 Å². The highest BCUT2D eigenvalue weighted by atomic mass is 32.2. The summed E-state index contributed by atoms with van der Waals surface area (Å²) in [4.78, 5) is 39.1. The van der Waals surface area contributed by atoms with Crippen LogP contribution in [0.15, 0.2) is 24.3 Å². The fourth-order valence-corrected chi connectivity index (χ4v) is 3.94. The first-order valence-corrected chi connectivity index (χ1v) is 12.0. The molecule has 1 saturated heterocycles. The second-order valence-electron chi connectivity index (χ2n) is 7.78. The Hall–Kier alpha value is -2.26. The number of nitrogens with two attached hydrogens (primary N) is 1. The maximum Gasteiger partial charge on any atom is 0.242 e. The topological polar surface area (TPSA) is 114 Å². The number of piperidine rings is 1. The van der Waals surface area contributed by atoms with Gasteiger partial charge in [-0.05, 0) is 55.9 Å². The van der Waals surface area contributed by atoms with Crippen LogP contribution in [-0.2, 0) is 20.9 Å². The number of hydrogen-bond donors (Lipinski definition) is 3. The Morgan fingerprint density at radius 3 is 2.45 bits per heavy atom. The minimum absolute atomic E-state index is 0.0424. The molecule has 3 amide bonds. The standard InChI is InChI=1S/C22H34N4O4S/c1-15(20(27)24-14-16-4-6-18(30-2)7-5-16)25-21(28)17-8-11-26(12-9-17)22(29)19(23)10-13-31-3/h4-7,15,17,19H,8-14,23H2,1-3H3,(H,24,27)(H,25,28)/t15-,19-/m0/s1. The van der Waals surface area contributed by atoms with E-state index in [-0.39, 0.29) is 23.6 Å². The number of carbonyl (C=O) groups excluding carboxylic acids is 3. The van der Waals surface area contributed by atoms with Gasteiger partial charge >= 0.3 is 0 Å².